The molecule has 0 atom stereocenters. The molecule has 0 aliphatic heterocycles. The van der Waals surface area contributed by atoms with Crippen molar-refractivity contribution in [2.75, 3.05) is 7.11 Å². The number of para-hydroxylation sites is 2. The molecule has 1 heterocycles. The average molecular weight is 392 g/mol. The Kier molecular flexibility index (Phi) is 6.42. The summed E-state index contributed by atoms with van der Waals surface area (Å²) in [7, 11) is 1.39. The van der Waals surface area contributed by atoms with Gasteiger partial charge in [0.2, 0.25) is 5.88 Å². The standard InChI is InChI=1S/C22H20N2O5/c1-15-7-3-5-9-19(15)28-12-16-11-21(24-14-23-16)29-20-10-6-4-8-17(20)18(13-27-2)22(25)26/h3-11,13-14H,12H2,1-2H3,(H,25,26)/b18-13+. The van der Waals surface area contributed by atoms with Crippen LogP contribution in [0.2, 0.25) is 0 Å². The van der Waals surface area contributed by atoms with Gasteiger partial charge in [-0.3, -0.25) is 0 Å². The van der Waals surface area contributed by atoms with Crippen LogP contribution in [0.1, 0.15) is 16.8 Å². The summed E-state index contributed by atoms with van der Waals surface area (Å²) in [5, 5.41) is 9.45. The van der Waals surface area contributed by atoms with Gasteiger partial charge in [-0.05, 0) is 24.6 Å². The molecule has 29 heavy (non-hydrogen) atoms. The van der Waals surface area contributed by atoms with Crippen molar-refractivity contribution in [2.24, 2.45) is 0 Å². The minimum Gasteiger partial charge on any atom is -0.503 e. The number of carboxylic acid groups (broad SMARTS) is 1. The summed E-state index contributed by atoms with van der Waals surface area (Å²) in [6, 6.07) is 16.1. The van der Waals surface area contributed by atoms with E-state index in [1.165, 1.54) is 13.4 Å². The van der Waals surface area contributed by atoms with Gasteiger partial charge in [0.1, 0.15) is 30.0 Å². The third kappa shape index (κ3) is 5.10. The highest BCUT2D eigenvalue weighted by Gasteiger charge is 2.17. The zero-order valence-electron chi connectivity index (χ0n) is 16.0. The van der Waals surface area contributed by atoms with E-state index < -0.39 is 5.97 Å². The average Bonchev–Trinajstić information content (AvgIpc) is 2.72. The molecule has 7 nitrogen and oxygen atoms in total. The lowest BCUT2D eigenvalue weighted by Crippen LogP contribution is -2.03. The minimum absolute atomic E-state index is 0.0275. The predicted octanol–water partition coefficient (Wildman–Crippen LogP) is 4.23. The summed E-state index contributed by atoms with van der Waals surface area (Å²) >= 11 is 0. The lowest BCUT2D eigenvalue weighted by atomic mass is 10.1. The molecule has 0 fully saturated rings. The summed E-state index contributed by atoms with van der Waals surface area (Å²) in [5.41, 5.74) is 2.00. The third-order valence-corrected chi connectivity index (χ3v) is 4.03. The van der Waals surface area contributed by atoms with Gasteiger partial charge in [0.05, 0.1) is 19.1 Å². The quantitative estimate of drug-likeness (QED) is 0.453. The summed E-state index contributed by atoms with van der Waals surface area (Å²) < 4.78 is 16.5. The molecular weight excluding hydrogens is 372 g/mol. The van der Waals surface area contributed by atoms with E-state index in [1.54, 1.807) is 30.3 Å². The number of methoxy groups -OCH3 is 1. The van der Waals surface area contributed by atoms with Gasteiger partial charge >= 0.3 is 5.97 Å². The Bertz CT molecular complexity index is 1030. The van der Waals surface area contributed by atoms with Gasteiger partial charge < -0.3 is 19.3 Å². The lowest BCUT2D eigenvalue weighted by molar-refractivity contribution is -0.130. The summed E-state index contributed by atoms with van der Waals surface area (Å²) in [4.78, 5) is 19.9. The van der Waals surface area contributed by atoms with Crippen LogP contribution < -0.4 is 9.47 Å². The Labute approximate surface area is 168 Å². The van der Waals surface area contributed by atoms with E-state index in [2.05, 4.69) is 9.97 Å². The van der Waals surface area contributed by atoms with Crippen LogP contribution >= 0.6 is 0 Å². The molecule has 0 unspecified atom stereocenters. The van der Waals surface area contributed by atoms with E-state index in [0.717, 1.165) is 17.6 Å². The molecule has 3 rings (SSSR count). The van der Waals surface area contributed by atoms with Gasteiger partial charge in [0.25, 0.3) is 0 Å². The lowest BCUT2D eigenvalue weighted by Gasteiger charge is -2.12. The van der Waals surface area contributed by atoms with E-state index in [4.69, 9.17) is 14.2 Å². The van der Waals surface area contributed by atoms with Gasteiger partial charge in [-0.15, -0.1) is 0 Å². The highest BCUT2D eigenvalue weighted by molar-refractivity contribution is 6.15. The number of hydrogen-bond donors (Lipinski definition) is 1. The molecule has 2 aromatic carbocycles. The Morgan fingerprint density at radius 2 is 1.79 bits per heavy atom. The fourth-order valence-electron chi connectivity index (χ4n) is 2.62. The Morgan fingerprint density at radius 3 is 2.52 bits per heavy atom. The Hall–Kier alpha value is -3.87. The van der Waals surface area contributed by atoms with Crippen molar-refractivity contribution in [1.29, 1.82) is 0 Å². The van der Waals surface area contributed by atoms with Crippen LogP contribution in [0.5, 0.6) is 17.4 Å². The molecule has 0 aliphatic carbocycles. The number of carbonyl (C=O) groups is 1. The normalized spacial score (nSPS) is 11.0. The first-order valence-electron chi connectivity index (χ1n) is 8.81. The van der Waals surface area contributed by atoms with Crippen LogP contribution in [0.15, 0.2) is 67.2 Å². The molecule has 7 heteroatoms. The summed E-state index contributed by atoms with van der Waals surface area (Å²) in [6.45, 7) is 2.21. The van der Waals surface area contributed by atoms with E-state index in [9.17, 15) is 9.90 Å². The third-order valence-electron chi connectivity index (χ3n) is 4.03. The summed E-state index contributed by atoms with van der Waals surface area (Å²) in [5.74, 6) is 0.258. The Morgan fingerprint density at radius 1 is 1.07 bits per heavy atom. The first kappa shape index (κ1) is 19.9. The van der Waals surface area contributed by atoms with E-state index in [-0.39, 0.29) is 18.1 Å². The molecule has 0 saturated carbocycles. The van der Waals surface area contributed by atoms with Crippen LogP contribution in [0.25, 0.3) is 5.57 Å². The largest absolute Gasteiger partial charge is 0.503 e. The van der Waals surface area contributed by atoms with Crippen molar-refractivity contribution in [3.05, 3.63) is 84.0 Å². The van der Waals surface area contributed by atoms with Crippen molar-refractivity contribution in [3.8, 4) is 17.4 Å². The van der Waals surface area contributed by atoms with Crippen molar-refractivity contribution in [2.45, 2.75) is 13.5 Å². The second kappa shape index (κ2) is 9.36. The van der Waals surface area contributed by atoms with Crippen LogP contribution in [-0.2, 0) is 16.1 Å². The zero-order chi connectivity index (χ0) is 20.6. The van der Waals surface area contributed by atoms with Gasteiger partial charge in [-0.25, -0.2) is 14.8 Å². The number of aromatic nitrogens is 2. The molecular formula is C22H20N2O5. The molecule has 3 aromatic rings. The summed E-state index contributed by atoms with van der Waals surface area (Å²) in [6.07, 6.45) is 2.53. The van der Waals surface area contributed by atoms with Crippen LogP contribution in [0.3, 0.4) is 0 Å². The molecule has 1 aromatic heterocycles. The second-order valence-electron chi connectivity index (χ2n) is 6.07. The predicted molar refractivity (Wildman–Crippen MR) is 107 cm³/mol. The second-order valence-corrected chi connectivity index (χ2v) is 6.07. The zero-order valence-corrected chi connectivity index (χ0v) is 16.0. The van der Waals surface area contributed by atoms with Crippen molar-refractivity contribution in [3.63, 3.8) is 0 Å². The van der Waals surface area contributed by atoms with Crippen molar-refractivity contribution < 1.29 is 24.1 Å². The number of aliphatic carboxylic acids is 1. The number of ether oxygens (including phenoxy) is 3. The number of carboxylic acids is 1. The van der Waals surface area contributed by atoms with Crippen LogP contribution in [0, 0.1) is 6.92 Å². The van der Waals surface area contributed by atoms with Crippen molar-refractivity contribution >= 4 is 11.5 Å². The molecule has 0 radical (unpaired) electrons. The van der Waals surface area contributed by atoms with E-state index >= 15 is 0 Å². The fourth-order valence-corrected chi connectivity index (χ4v) is 2.62. The molecule has 0 bridgehead atoms. The van der Waals surface area contributed by atoms with Crippen molar-refractivity contribution in [1.82, 2.24) is 9.97 Å². The van der Waals surface area contributed by atoms with Gasteiger partial charge in [0, 0.05) is 11.6 Å². The SMILES string of the molecule is CO/C=C(/C(=O)O)c1ccccc1Oc1cc(COc2ccccc2C)ncn1. The molecule has 1 N–H and O–H groups in total. The van der Waals surface area contributed by atoms with E-state index in [0.29, 0.717) is 17.0 Å². The molecule has 0 saturated heterocycles. The van der Waals surface area contributed by atoms with Gasteiger partial charge in [-0.2, -0.15) is 0 Å². The Balaban J connectivity index is 1.80. The molecule has 148 valence electrons. The smallest absolute Gasteiger partial charge is 0.339 e. The number of hydrogen-bond acceptors (Lipinski definition) is 6. The molecule has 0 aliphatic rings. The van der Waals surface area contributed by atoms with Gasteiger partial charge in [0.15, 0.2) is 0 Å². The maximum Gasteiger partial charge on any atom is 0.339 e. The number of rotatable bonds is 8. The maximum absolute atomic E-state index is 11.6. The molecule has 0 amide bonds. The number of aryl methyl sites for hydroxylation is 1. The first-order valence-corrected chi connectivity index (χ1v) is 8.81. The fraction of sp³-hybridized carbons (Fsp3) is 0.136. The maximum atomic E-state index is 11.6. The number of nitrogens with zero attached hydrogens (tertiary/aromatic N) is 2. The highest BCUT2D eigenvalue weighted by atomic mass is 16.5. The van der Waals surface area contributed by atoms with E-state index in [1.807, 2.05) is 31.2 Å². The van der Waals surface area contributed by atoms with Gasteiger partial charge in [-0.1, -0.05) is 36.4 Å². The monoisotopic (exact) mass is 392 g/mol. The van der Waals surface area contributed by atoms with Crippen LogP contribution in [-0.4, -0.2) is 28.2 Å². The minimum atomic E-state index is -1.13. The van der Waals surface area contributed by atoms with Crippen LogP contribution in [0.4, 0.5) is 0 Å². The first-order chi connectivity index (χ1) is 14.1. The molecule has 0 spiro atoms. The number of benzene rings is 2. The topological polar surface area (TPSA) is 90.8 Å². The highest BCUT2D eigenvalue weighted by Crippen LogP contribution is 2.30.